The molecule has 0 atom stereocenters. The van der Waals surface area contributed by atoms with E-state index in [0.717, 1.165) is 18.8 Å². The van der Waals surface area contributed by atoms with Gasteiger partial charge in [0.15, 0.2) is 5.82 Å². The van der Waals surface area contributed by atoms with E-state index in [1.807, 2.05) is 12.1 Å². The summed E-state index contributed by atoms with van der Waals surface area (Å²) in [7, 11) is 0. The van der Waals surface area contributed by atoms with E-state index >= 15 is 0 Å². The Kier molecular flexibility index (Phi) is 6.28. The van der Waals surface area contributed by atoms with Gasteiger partial charge in [-0.25, -0.2) is 4.98 Å². The first-order chi connectivity index (χ1) is 12.6. The minimum Gasteiger partial charge on any atom is -0.437 e. The summed E-state index contributed by atoms with van der Waals surface area (Å²) in [5, 5.41) is 3.31. The van der Waals surface area contributed by atoms with E-state index in [1.54, 1.807) is 0 Å². The number of rotatable bonds is 7. The van der Waals surface area contributed by atoms with Gasteiger partial charge in [0.25, 0.3) is 0 Å². The van der Waals surface area contributed by atoms with E-state index in [4.69, 9.17) is 10.5 Å². The van der Waals surface area contributed by atoms with Crippen LogP contribution in [0.5, 0.6) is 11.6 Å². The van der Waals surface area contributed by atoms with Crippen LogP contribution in [0.3, 0.4) is 0 Å². The number of likely N-dealkylation sites (tertiary alicyclic amines) is 1. The number of nitrogens with two attached hydrogens (primary N) is 1. The Morgan fingerprint density at radius 3 is 2.54 bits per heavy atom. The standard InChI is InChI=1S/C20H29N5O/c1-15(2)16-6-8-17(9-7-16)26-20-18(21)19(23-14-24-20)22-10-13-25-11-4-3-5-12-25/h6-9,14-15H,3-5,10-13,21H2,1-2H3,(H,22,23,24). The maximum atomic E-state index is 6.20. The molecule has 1 aliphatic rings. The van der Waals surface area contributed by atoms with Gasteiger partial charge >= 0.3 is 0 Å². The second-order valence-electron chi connectivity index (χ2n) is 7.10. The summed E-state index contributed by atoms with van der Waals surface area (Å²) in [4.78, 5) is 10.9. The molecule has 0 radical (unpaired) electrons. The Morgan fingerprint density at radius 2 is 1.85 bits per heavy atom. The lowest BCUT2D eigenvalue weighted by molar-refractivity contribution is 0.237. The van der Waals surface area contributed by atoms with Crippen LogP contribution in [0.4, 0.5) is 11.5 Å². The second kappa shape index (κ2) is 8.85. The van der Waals surface area contributed by atoms with Crippen molar-refractivity contribution in [2.45, 2.75) is 39.0 Å². The summed E-state index contributed by atoms with van der Waals surface area (Å²) < 4.78 is 5.85. The van der Waals surface area contributed by atoms with Crippen LogP contribution in [0.2, 0.25) is 0 Å². The zero-order chi connectivity index (χ0) is 18.4. The van der Waals surface area contributed by atoms with E-state index in [1.165, 1.54) is 44.2 Å². The van der Waals surface area contributed by atoms with Crippen molar-refractivity contribution in [3.63, 3.8) is 0 Å². The van der Waals surface area contributed by atoms with Gasteiger partial charge in [-0.05, 0) is 49.5 Å². The lowest BCUT2D eigenvalue weighted by Crippen LogP contribution is -2.33. The topological polar surface area (TPSA) is 76.3 Å². The predicted octanol–water partition coefficient (Wildman–Crippen LogP) is 3.87. The molecule has 2 heterocycles. The zero-order valence-electron chi connectivity index (χ0n) is 15.7. The number of aromatic nitrogens is 2. The summed E-state index contributed by atoms with van der Waals surface area (Å²) in [6.07, 6.45) is 5.42. The van der Waals surface area contributed by atoms with Crippen molar-refractivity contribution in [3.05, 3.63) is 36.2 Å². The fraction of sp³-hybridized carbons (Fsp3) is 0.500. The van der Waals surface area contributed by atoms with Crippen molar-refractivity contribution >= 4 is 11.5 Å². The molecule has 1 aromatic carbocycles. The van der Waals surface area contributed by atoms with Gasteiger partial charge in [0, 0.05) is 13.1 Å². The summed E-state index contributed by atoms with van der Waals surface area (Å²) in [5.41, 5.74) is 7.92. The number of nitrogens with one attached hydrogen (secondary N) is 1. The molecule has 140 valence electrons. The van der Waals surface area contributed by atoms with Gasteiger partial charge in [0.2, 0.25) is 5.88 Å². The maximum Gasteiger partial charge on any atom is 0.248 e. The SMILES string of the molecule is CC(C)c1ccc(Oc2ncnc(NCCN3CCCCC3)c2N)cc1. The molecule has 0 amide bonds. The monoisotopic (exact) mass is 355 g/mol. The second-order valence-corrected chi connectivity index (χ2v) is 7.10. The lowest BCUT2D eigenvalue weighted by Gasteiger charge is -2.26. The third-order valence-corrected chi connectivity index (χ3v) is 4.78. The van der Waals surface area contributed by atoms with Crippen molar-refractivity contribution < 1.29 is 4.74 Å². The van der Waals surface area contributed by atoms with Gasteiger partial charge in [-0.3, -0.25) is 0 Å². The third kappa shape index (κ3) is 4.85. The molecule has 3 rings (SSSR count). The largest absolute Gasteiger partial charge is 0.437 e. The molecule has 3 N–H and O–H groups in total. The first-order valence-corrected chi connectivity index (χ1v) is 9.48. The Balaban J connectivity index is 1.59. The van der Waals surface area contributed by atoms with Crippen LogP contribution in [-0.4, -0.2) is 41.0 Å². The van der Waals surface area contributed by atoms with Crippen molar-refractivity contribution in [3.8, 4) is 11.6 Å². The number of anilines is 2. The highest BCUT2D eigenvalue weighted by atomic mass is 16.5. The average Bonchev–Trinajstić information content (AvgIpc) is 2.66. The van der Waals surface area contributed by atoms with Gasteiger partial charge in [0.05, 0.1) is 0 Å². The fourth-order valence-electron chi connectivity index (χ4n) is 3.15. The minimum absolute atomic E-state index is 0.387. The highest BCUT2D eigenvalue weighted by Crippen LogP contribution is 2.29. The van der Waals surface area contributed by atoms with Gasteiger partial charge in [0.1, 0.15) is 17.8 Å². The number of nitrogen functional groups attached to an aromatic ring is 1. The number of nitrogens with zero attached hydrogens (tertiary/aromatic N) is 3. The van der Waals surface area contributed by atoms with Gasteiger partial charge in [-0.15, -0.1) is 0 Å². The molecular weight excluding hydrogens is 326 g/mol. The van der Waals surface area contributed by atoms with E-state index < -0.39 is 0 Å². The molecule has 6 nitrogen and oxygen atoms in total. The third-order valence-electron chi connectivity index (χ3n) is 4.78. The molecule has 1 aliphatic heterocycles. The van der Waals surface area contributed by atoms with E-state index in [2.05, 4.69) is 46.2 Å². The van der Waals surface area contributed by atoms with Crippen LogP contribution >= 0.6 is 0 Å². The number of ether oxygens (including phenoxy) is 1. The van der Waals surface area contributed by atoms with Crippen LogP contribution < -0.4 is 15.8 Å². The normalized spacial score (nSPS) is 15.2. The molecule has 0 spiro atoms. The van der Waals surface area contributed by atoms with Crippen molar-refractivity contribution in [1.29, 1.82) is 0 Å². The molecule has 1 aromatic heterocycles. The molecule has 26 heavy (non-hydrogen) atoms. The molecular formula is C20H29N5O. The molecule has 1 fully saturated rings. The lowest BCUT2D eigenvalue weighted by atomic mass is 10.0. The Labute approximate surface area is 155 Å². The molecule has 0 aliphatic carbocycles. The van der Waals surface area contributed by atoms with E-state index in [9.17, 15) is 0 Å². The summed E-state index contributed by atoms with van der Waals surface area (Å²) in [6, 6.07) is 8.02. The predicted molar refractivity (Wildman–Crippen MR) is 106 cm³/mol. The number of benzene rings is 1. The fourth-order valence-corrected chi connectivity index (χ4v) is 3.15. The Morgan fingerprint density at radius 1 is 1.12 bits per heavy atom. The molecule has 0 unspecified atom stereocenters. The first-order valence-electron chi connectivity index (χ1n) is 9.48. The highest BCUT2D eigenvalue weighted by molar-refractivity contribution is 5.66. The Hall–Kier alpha value is -2.34. The van der Waals surface area contributed by atoms with Crippen LogP contribution in [-0.2, 0) is 0 Å². The molecule has 0 bridgehead atoms. The molecule has 1 saturated heterocycles. The zero-order valence-corrected chi connectivity index (χ0v) is 15.7. The number of hydrogen-bond donors (Lipinski definition) is 2. The molecule has 2 aromatic rings. The quantitative estimate of drug-likeness (QED) is 0.785. The van der Waals surface area contributed by atoms with Crippen LogP contribution in [0.1, 0.15) is 44.6 Å². The van der Waals surface area contributed by atoms with Gasteiger partial charge in [-0.2, -0.15) is 4.98 Å². The van der Waals surface area contributed by atoms with Gasteiger partial charge < -0.3 is 20.7 Å². The average molecular weight is 355 g/mol. The molecule has 0 saturated carbocycles. The van der Waals surface area contributed by atoms with Crippen LogP contribution in [0.15, 0.2) is 30.6 Å². The van der Waals surface area contributed by atoms with Crippen molar-refractivity contribution in [1.82, 2.24) is 14.9 Å². The maximum absolute atomic E-state index is 6.20. The summed E-state index contributed by atoms with van der Waals surface area (Å²) >= 11 is 0. The van der Waals surface area contributed by atoms with E-state index in [0.29, 0.717) is 23.3 Å². The number of hydrogen-bond acceptors (Lipinski definition) is 6. The first kappa shape index (κ1) is 18.5. The summed E-state index contributed by atoms with van der Waals surface area (Å²) in [5.74, 6) is 2.23. The minimum atomic E-state index is 0.387. The molecule has 6 heteroatoms. The number of piperidine rings is 1. The highest BCUT2D eigenvalue weighted by Gasteiger charge is 2.12. The van der Waals surface area contributed by atoms with Crippen LogP contribution in [0.25, 0.3) is 0 Å². The van der Waals surface area contributed by atoms with E-state index in [-0.39, 0.29) is 0 Å². The van der Waals surface area contributed by atoms with Crippen molar-refractivity contribution in [2.24, 2.45) is 0 Å². The van der Waals surface area contributed by atoms with Gasteiger partial charge in [-0.1, -0.05) is 32.4 Å². The Bertz CT molecular complexity index is 696. The smallest absolute Gasteiger partial charge is 0.248 e. The van der Waals surface area contributed by atoms with Crippen molar-refractivity contribution in [2.75, 3.05) is 37.2 Å². The van der Waals surface area contributed by atoms with Crippen LogP contribution in [0, 0.1) is 0 Å². The summed E-state index contributed by atoms with van der Waals surface area (Å²) in [6.45, 7) is 8.50.